The number of benzene rings is 1. The summed E-state index contributed by atoms with van der Waals surface area (Å²) in [6.07, 6.45) is 3.63. The van der Waals surface area contributed by atoms with Crippen molar-refractivity contribution in [3.05, 3.63) is 46.4 Å². The van der Waals surface area contributed by atoms with Gasteiger partial charge in [0.25, 0.3) is 5.56 Å². The molecule has 0 spiro atoms. The van der Waals surface area contributed by atoms with E-state index in [-0.39, 0.29) is 30.6 Å². The first-order valence-corrected chi connectivity index (χ1v) is 10.9. The van der Waals surface area contributed by atoms with Crippen LogP contribution >= 0.6 is 0 Å². The van der Waals surface area contributed by atoms with Gasteiger partial charge in [-0.15, -0.1) is 0 Å². The van der Waals surface area contributed by atoms with Crippen LogP contribution in [0.5, 0.6) is 0 Å². The van der Waals surface area contributed by atoms with Crippen molar-refractivity contribution in [2.45, 2.75) is 38.9 Å². The van der Waals surface area contributed by atoms with Crippen LogP contribution in [0.2, 0.25) is 0 Å². The van der Waals surface area contributed by atoms with Crippen molar-refractivity contribution in [2.24, 2.45) is 10.7 Å². The molecule has 0 saturated carbocycles. The monoisotopic (exact) mass is 434 g/mol. The minimum absolute atomic E-state index is 0.00721. The Bertz CT molecular complexity index is 1270. The van der Waals surface area contributed by atoms with Gasteiger partial charge >= 0.3 is 0 Å². The number of nitrogens with two attached hydrogens (primary N) is 1. The Hall–Kier alpha value is -3.53. The Morgan fingerprint density at radius 1 is 1.25 bits per heavy atom. The molecule has 3 aromatic rings. The quantitative estimate of drug-likeness (QED) is 0.631. The molecule has 2 aliphatic heterocycles. The third-order valence-corrected chi connectivity index (χ3v) is 6.01. The van der Waals surface area contributed by atoms with E-state index in [0.29, 0.717) is 29.0 Å². The molecule has 2 aromatic heterocycles. The number of aliphatic imine (C=N–C) groups is 1. The fourth-order valence-corrected chi connectivity index (χ4v) is 4.48. The second-order valence-corrected chi connectivity index (χ2v) is 8.20. The van der Waals surface area contributed by atoms with Gasteiger partial charge in [-0.3, -0.25) is 14.6 Å². The molecule has 10 heteroatoms. The van der Waals surface area contributed by atoms with Gasteiger partial charge in [0.1, 0.15) is 17.6 Å². The molecule has 1 saturated heterocycles. The molecule has 0 radical (unpaired) electrons. The number of rotatable bonds is 4. The molecule has 1 atom stereocenters. The van der Waals surface area contributed by atoms with Gasteiger partial charge in [0.05, 0.1) is 18.5 Å². The summed E-state index contributed by atoms with van der Waals surface area (Å²) in [6.45, 7) is 4.38. The van der Waals surface area contributed by atoms with Gasteiger partial charge in [-0.05, 0) is 25.8 Å². The lowest BCUT2D eigenvalue weighted by molar-refractivity contribution is -0.114. The number of hydrogen-bond acceptors (Lipinski definition) is 7. The van der Waals surface area contributed by atoms with Crippen LogP contribution in [-0.4, -0.2) is 56.6 Å². The Kier molecular flexibility index (Phi) is 5.22. The summed E-state index contributed by atoms with van der Waals surface area (Å²) >= 11 is 0. The number of carbonyl (C=O) groups is 1. The van der Waals surface area contributed by atoms with Gasteiger partial charge in [0, 0.05) is 36.9 Å². The van der Waals surface area contributed by atoms with Crippen molar-refractivity contribution in [2.75, 3.05) is 29.9 Å². The van der Waals surface area contributed by atoms with Crippen molar-refractivity contribution in [3.63, 3.8) is 0 Å². The lowest BCUT2D eigenvalue weighted by Crippen LogP contribution is -2.44. The summed E-state index contributed by atoms with van der Waals surface area (Å²) < 4.78 is 3.34. The Labute approximate surface area is 184 Å². The summed E-state index contributed by atoms with van der Waals surface area (Å²) in [7, 11) is 0. The number of anilines is 2. The number of aryl methyl sites for hydroxylation is 1. The predicted octanol–water partition coefficient (Wildman–Crippen LogP) is 0.982. The number of imidazole rings is 1. The second kappa shape index (κ2) is 8.19. The van der Waals surface area contributed by atoms with E-state index in [0.717, 1.165) is 37.4 Å². The SMILES string of the molecule is CCn1c(N2CCCC(N)C2)nc2cnn(CC3=NCC(=O)Nc4ccccc43)c(=O)c21. The van der Waals surface area contributed by atoms with E-state index in [1.807, 2.05) is 35.8 Å². The van der Waals surface area contributed by atoms with E-state index in [9.17, 15) is 9.59 Å². The Morgan fingerprint density at radius 2 is 2.09 bits per heavy atom. The van der Waals surface area contributed by atoms with Gasteiger partial charge < -0.3 is 20.5 Å². The molecule has 0 aliphatic carbocycles. The van der Waals surface area contributed by atoms with E-state index < -0.39 is 0 Å². The molecule has 1 amide bonds. The molecule has 166 valence electrons. The molecule has 32 heavy (non-hydrogen) atoms. The highest BCUT2D eigenvalue weighted by Gasteiger charge is 2.24. The minimum Gasteiger partial charge on any atom is -0.341 e. The van der Waals surface area contributed by atoms with Gasteiger partial charge in [0.2, 0.25) is 11.9 Å². The number of benzodiazepines with no additional fused rings is 1. The fourth-order valence-electron chi connectivity index (χ4n) is 4.48. The molecular weight excluding hydrogens is 408 g/mol. The molecular formula is C22H26N8O2. The summed E-state index contributed by atoms with van der Waals surface area (Å²) in [5.41, 5.74) is 9.15. The lowest BCUT2D eigenvalue weighted by Gasteiger charge is -2.31. The van der Waals surface area contributed by atoms with E-state index in [1.165, 1.54) is 4.68 Å². The zero-order valence-corrected chi connectivity index (χ0v) is 18.0. The van der Waals surface area contributed by atoms with Crippen molar-refractivity contribution in [1.29, 1.82) is 0 Å². The highest BCUT2D eigenvalue weighted by Crippen LogP contribution is 2.23. The molecule has 1 aromatic carbocycles. The van der Waals surface area contributed by atoms with Gasteiger partial charge in [-0.1, -0.05) is 18.2 Å². The van der Waals surface area contributed by atoms with Crippen molar-refractivity contribution in [1.82, 2.24) is 19.3 Å². The van der Waals surface area contributed by atoms with Gasteiger partial charge in [-0.2, -0.15) is 5.10 Å². The van der Waals surface area contributed by atoms with Crippen molar-refractivity contribution in [3.8, 4) is 0 Å². The number of amides is 1. The highest BCUT2D eigenvalue weighted by atomic mass is 16.2. The van der Waals surface area contributed by atoms with Crippen LogP contribution in [0.4, 0.5) is 11.6 Å². The zero-order valence-electron chi connectivity index (χ0n) is 18.0. The molecule has 3 N–H and O–H groups in total. The van der Waals surface area contributed by atoms with Gasteiger partial charge in [-0.25, -0.2) is 9.67 Å². The summed E-state index contributed by atoms with van der Waals surface area (Å²) in [5.74, 6) is 0.581. The molecule has 0 bridgehead atoms. The Balaban J connectivity index is 1.56. The highest BCUT2D eigenvalue weighted by molar-refractivity contribution is 6.10. The van der Waals surface area contributed by atoms with Crippen LogP contribution in [0, 0.1) is 0 Å². The largest absolute Gasteiger partial charge is 0.341 e. The standard InChI is InChI=1S/C22H26N8O2/c1-2-29-20-17(27-22(29)28-9-5-6-14(23)12-28)10-25-30(21(20)32)13-18-15-7-3-4-8-16(15)26-19(31)11-24-18/h3-4,7-8,10,14H,2,5-6,9,11-13,23H2,1H3,(H,26,31). The predicted molar refractivity (Wildman–Crippen MR) is 123 cm³/mol. The van der Waals surface area contributed by atoms with Crippen molar-refractivity contribution >= 4 is 34.3 Å². The molecule has 1 unspecified atom stereocenters. The number of fused-ring (bicyclic) bond motifs is 2. The van der Waals surface area contributed by atoms with E-state index in [1.54, 1.807) is 6.20 Å². The molecule has 1 fully saturated rings. The Morgan fingerprint density at radius 3 is 2.91 bits per heavy atom. The van der Waals surface area contributed by atoms with Gasteiger partial charge in [0.15, 0.2) is 0 Å². The zero-order chi connectivity index (χ0) is 22.2. The topological polar surface area (TPSA) is 123 Å². The smallest absolute Gasteiger partial charge is 0.293 e. The maximum atomic E-state index is 13.5. The fraction of sp³-hybridized carbons (Fsp3) is 0.409. The van der Waals surface area contributed by atoms with Crippen LogP contribution in [0.1, 0.15) is 25.3 Å². The second-order valence-electron chi connectivity index (χ2n) is 8.20. The molecule has 10 nitrogen and oxygen atoms in total. The van der Waals surface area contributed by atoms with Crippen molar-refractivity contribution < 1.29 is 4.79 Å². The summed E-state index contributed by atoms with van der Waals surface area (Å²) in [4.78, 5) is 36.8. The normalized spacial score (nSPS) is 18.8. The third kappa shape index (κ3) is 3.56. The van der Waals surface area contributed by atoms with Crippen LogP contribution in [0.15, 0.2) is 40.2 Å². The first kappa shape index (κ1) is 20.4. The lowest BCUT2D eigenvalue weighted by atomic mass is 10.1. The average molecular weight is 435 g/mol. The molecule has 2 aliphatic rings. The first-order chi connectivity index (χ1) is 15.5. The van der Waals surface area contributed by atoms with Crippen LogP contribution in [0.25, 0.3) is 11.0 Å². The van der Waals surface area contributed by atoms with Crippen LogP contribution < -0.4 is 21.5 Å². The number of hydrogen-bond donors (Lipinski definition) is 2. The number of nitrogens with one attached hydrogen (secondary N) is 1. The number of piperidine rings is 1. The maximum absolute atomic E-state index is 13.5. The number of nitrogens with zero attached hydrogens (tertiary/aromatic N) is 6. The van der Waals surface area contributed by atoms with Crippen LogP contribution in [-0.2, 0) is 17.9 Å². The minimum atomic E-state index is -0.229. The number of para-hydroxylation sites is 1. The molecule has 4 heterocycles. The van der Waals surface area contributed by atoms with E-state index in [4.69, 9.17) is 10.7 Å². The number of aromatic nitrogens is 4. The van der Waals surface area contributed by atoms with E-state index in [2.05, 4.69) is 20.3 Å². The first-order valence-electron chi connectivity index (χ1n) is 10.9. The maximum Gasteiger partial charge on any atom is 0.293 e. The third-order valence-electron chi connectivity index (χ3n) is 6.01. The summed E-state index contributed by atoms with van der Waals surface area (Å²) in [6, 6.07) is 7.56. The molecule has 5 rings (SSSR count). The average Bonchev–Trinajstić information content (AvgIpc) is 3.10. The van der Waals surface area contributed by atoms with Crippen LogP contribution in [0.3, 0.4) is 0 Å². The summed E-state index contributed by atoms with van der Waals surface area (Å²) in [5, 5.41) is 7.22. The van der Waals surface area contributed by atoms with E-state index >= 15 is 0 Å². The number of carbonyl (C=O) groups excluding carboxylic acids is 1.